The van der Waals surface area contributed by atoms with E-state index >= 15 is 0 Å². The molecule has 0 aliphatic rings. The smallest absolute Gasteiger partial charge is 0.441 e. The van der Waals surface area contributed by atoms with Crippen molar-refractivity contribution >= 4 is 17.5 Å². The number of carbonyl (C=O) groups is 2. The molecule has 0 aliphatic carbocycles. The number of esters is 1. The molecule has 0 radical (unpaired) electrons. The van der Waals surface area contributed by atoms with E-state index in [1.54, 1.807) is 37.3 Å². The minimum absolute atomic E-state index is 0.0372. The van der Waals surface area contributed by atoms with Gasteiger partial charge in [0, 0.05) is 0 Å². The summed E-state index contributed by atoms with van der Waals surface area (Å²) in [6.45, 7) is 5.10. The van der Waals surface area contributed by atoms with Crippen LogP contribution in [0.4, 0.5) is 0 Å². The molecule has 1 rings (SSSR count). The van der Waals surface area contributed by atoms with Crippen molar-refractivity contribution in [2.75, 3.05) is 6.61 Å². The highest BCUT2D eigenvalue weighted by atomic mass is 16.5. The highest BCUT2D eigenvalue weighted by Crippen LogP contribution is 2.26. The number of carbonyl (C=O) groups excluding carboxylic acids is 2. The van der Waals surface area contributed by atoms with Crippen LogP contribution >= 0.6 is 0 Å². The van der Waals surface area contributed by atoms with Crippen molar-refractivity contribution in [1.82, 2.24) is 0 Å². The van der Waals surface area contributed by atoms with Crippen LogP contribution in [0.3, 0.4) is 0 Å². The van der Waals surface area contributed by atoms with Gasteiger partial charge in [-0.1, -0.05) is 43.0 Å². The quantitative estimate of drug-likeness (QED) is 0.204. The van der Waals surface area contributed by atoms with Gasteiger partial charge in [-0.15, -0.1) is 0 Å². The van der Waals surface area contributed by atoms with Crippen LogP contribution in [-0.2, 0) is 19.9 Å². The Hall–Kier alpha value is -2.56. The molecule has 1 atom stereocenters. The van der Waals surface area contributed by atoms with Gasteiger partial charge in [0.05, 0.1) is 13.0 Å². The molecule has 0 bridgehead atoms. The Bertz CT molecular complexity index is 591. The molecule has 1 unspecified atom stereocenters. The fourth-order valence-corrected chi connectivity index (χ4v) is 1.76. The topological polar surface area (TPSA) is 100 Å². The lowest BCUT2D eigenvalue weighted by molar-refractivity contribution is -0.142. The molecule has 0 aliphatic heterocycles. The number of hydrogen-bond donors (Lipinski definition) is 1. The summed E-state index contributed by atoms with van der Waals surface area (Å²) in [5, 5.41) is 10.5. The van der Waals surface area contributed by atoms with Crippen LogP contribution in [0, 0.1) is 0 Å². The first-order chi connectivity index (χ1) is 9.98. The third-order valence-corrected chi connectivity index (χ3v) is 2.87. The van der Waals surface area contributed by atoms with Crippen LogP contribution in [0.1, 0.15) is 18.9 Å². The lowest BCUT2D eigenvalue weighted by Gasteiger charge is -2.23. The molecule has 110 valence electrons. The number of ether oxygens (including phenoxy) is 1. The first kappa shape index (κ1) is 16.5. The second-order valence-electron chi connectivity index (χ2n) is 4.26. The van der Waals surface area contributed by atoms with Crippen LogP contribution < -0.4 is 0 Å². The van der Waals surface area contributed by atoms with Crippen LogP contribution in [0.5, 0.6) is 0 Å². The first-order valence-electron chi connectivity index (χ1n) is 6.32. The molecule has 21 heavy (non-hydrogen) atoms. The fourth-order valence-electron chi connectivity index (χ4n) is 1.76. The zero-order chi connectivity index (χ0) is 15.9. The zero-order valence-electron chi connectivity index (χ0n) is 11.7. The van der Waals surface area contributed by atoms with E-state index in [9.17, 15) is 14.7 Å². The molecule has 0 heterocycles. The third kappa shape index (κ3) is 3.95. The van der Waals surface area contributed by atoms with Gasteiger partial charge >= 0.3 is 11.7 Å². The van der Waals surface area contributed by atoms with Gasteiger partial charge in [-0.2, -0.15) is 4.79 Å². The Morgan fingerprint density at radius 3 is 2.52 bits per heavy atom. The van der Waals surface area contributed by atoms with Gasteiger partial charge in [0.25, 0.3) is 5.78 Å². The largest absolute Gasteiger partial charge is 0.457 e. The van der Waals surface area contributed by atoms with Crippen LogP contribution in [0.2, 0.25) is 0 Å². The number of Topliss-reactive ketones (excluding diaryl/α,β-unsaturated/α-hetero) is 1. The minimum atomic E-state index is -1.67. The summed E-state index contributed by atoms with van der Waals surface area (Å²) < 4.78 is 4.61. The molecule has 0 spiro atoms. The van der Waals surface area contributed by atoms with Crippen molar-refractivity contribution in [3.8, 4) is 0 Å². The van der Waals surface area contributed by atoms with E-state index in [-0.39, 0.29) is 6.61 Å². The summed E-state index contributed by atoms with van der Waals surface area (Å²) in [6, 6.07) is 8.39. The maximum Gasteiger partial charge on any atom is 0.441 e. The summed E-state index contributed by atoms with van der Waals surface area (Å²) in [4.78, 5) is 26.2. The Morgan fingerprint density at radius 1 is 1.43 bits per heavy atom. The molecule has 0 saturated heterocycles. The number of ketones is 1. The summed E-state index contributed by atoms with van der Waals surface area (Å²) in [6.07, 6.45) is 0.707. The van der Waals surface area contributed by atoms with Gasteiger partial charge in [0.2, 0.25) is 0 Å². The van der Waals surface area contributed by atoms with Gasteiger partial charge in [-0.25, -0.2) is 4.79 Å². The molecule has 0 aromatic heterocycles. The molecule has 1 aromatic carbocycles. The standard InChI is InChI=1S/C15H16N2O4/c1-3-15(20,11-8-6-5-7-9-11)10-12(18)13(17-16)14(19)21-4-2/h3,5-9,20H,1,4,10H2,2H3. The number of nitrogens with zero attached hydrogens (tertiary/aromatic N) is 2. The highest BCUT2D eigenvalue weighted by Gasteiger charge is 2.38. The van der Waals surface area contributed by atoms with E-state index in [1.807, 2.05) is 0 Å². The normalized spacial score (nSPS) is 12.7. The monoisotopic (exact) mass is 288 g/mol. The Kier molecular flexibility index (Phi) is 5.72. The second-order valence-corrected chi connectivity index (χ2v) is 4.26. The van der Waals surface area contributed by atoms with Crippen molar-refractivity contribution in [3.63, 3.8) is 0 Å². The van der Waals surface area contributed by atoms with Crippen LogP contribution in [-0.4, -0.2) is 34.0 Å². The second kappa shape index (κ2) is 7.28. The molecule has 6 nitrogen and oxygen atoms in total. The molecule has 0 saturated carbocycles. The molecule has 1 aromatic rings. The lowest BCUT2D eigenvalue weighted by Crippen LogP contribution is -2.34. The third-order valence-electron chi connectivity index (χ3n) is 2.87. The number of aliphatic hydroxyl groups is 1. The SMILES string of the molecule is C=CC(O)(CC(=O)C(=[N+]=[N-])C(=O)OCC)c1ccccc1. The molecule has 6 heteroatoms. The van der Waals surface area contributed by atoms with E-state index in [2.05, 4.69) is 16.1 Å². The Labute approximate surface area is 122 Å². The maximum absolute atomic E-state index is 12.0. The summed E-state index contributed by atoms with van der Waals surface area (Å²) >= 11 is 0. The fraction of sp³-hybridized carbons (Fsp3) is 0.267. The van der Waals surface area contributed by atoms with Crippen molar-refractivity contribution in [1.29, 1.82) is 0 Å². The minimum Gasteiger partial charge on any atom is -0.457 e. The van der Waals surface area contributed by atoms with Gasteiger partial charge in [-0.3, -0.25) is 4.79 Å². The summed E-state index contributed by atoms with van der Waals surface area (Å²) in [5.74, 6) is -1.88. The molecular formula is C15H16N2O4. The average molecular weight is 288 g/mol. The van der Waals surface area contributed by atoms with E-state index in [1.165, 1.54) is 6.08 Å². The van der Waals surface area contributed by atoms with Crippen molar-refractivity contribution in [3.05, 3.63) is 54.1 Å². The Balaban J connectivity index is 3.01. The average Bonchev–Trinajstić information content (AvgIpc) is 2.49. The molecular weight excluding hydrogens is 272 g/mol. The lowest BCUT2D eigenvalue weighted by atomic mass is 9.88. The maximum atomic E-state index is 12.0. The van der Waals surface area contributed by atoms with E-state index in [4.69, 9.17) is 5.53 Å². The number of hydrogen-bond acceptors (Lipinski definition) is 4. The molecule has 0 amide bonds. The zero-order valence-corrected chi connectivity index (χ0v) is 11.7. The van der Waals surface area contributed by atoms with Crippen molar-refractivity contribution in [2.45, 2.75) is 18.9 Å². The van der Waals surface area contributed by atoms with Crippen LogP contribution in [0.25, 0.3) is 5.53 Å². The summed E-state index contributed by atoms with van der Waals surface area (Å²) in [7, 11) is 0. The van der Waals surface area contributed by atoms with E-state index in [0.717, 1.165) is 0 Å². The van der Waals surface area contributed by atoms with Gasteiger partial charge in [0.15, 0.2) is 0 Å². The first-order valence-corrected chi connectivity index (χ1v) is 6.32. The predicted molar refractivity (Wildman–Crippen MR) is 75.4 cm³/mol. The molecule has 1 N–H and O–H groups in total. The van der Waals surface area contributed by atoms with Gasteiger partial charge in [-0.05, 0) is 12.5 Å². The number of rotatable bonds is 7. The highest BCUT2D eigenvalue weighted by molar-refractivity contribution is 6.62. The van der Waals surface area contributed by atoms with Crippen LogP contribution in [0.15, 0.2) is 43.0 Å². The van der Waals surface area contributed by atoms with Crippen molar-refractivity contribution in [2.24, 2.45) is 0 Å². The van der Waals surface area contributed by atoms with Gasteiger partial charge in [0.1, 0.15) is 5.60 Å². The number of benzene rings is 1. The van der Waals surface area contributed by atoms with E-state index < -0.39 is 29.5 Å². The Morgan fingerprint density at radius 2 is 2.05 bits per heavy atom. The molecule has 0 fully saturated rings. The van der Waals surface area contributed by atoms with Gasteiger partial charge < -0.3 is 15.4 Å². The summed E-state index contributed by atoms with van der Waals surface area (Å²) in [5.41, 5.74) is 6.81. The predicted octanol–water partition coefficient (Wildman–Crippen LogP) is 1.25. The van der Waals surface area contributed by atoms with E-state index in [0.29, 0.717) is 5.56 Å². The van der Waals surface area contributed by atoms with Crippen molar-refractivity contribution < 1.29 is 24.2 Å².